The van der Waals surface area contributed by atoms with Gasteiger partial charge >= 0.3 is 7.12 Å². The molecule has 4 nitrogen and oxygen atoms in total. The summed E-state index contributed by atoms with van der Waals surface area (Å²) in [6.45, 7) is 0.228. The van der Waals surface area contributed by atoms with Gasteiger partial charge in [-0.3, -0.25) is 0 Å². The fourth-order valence-corrected chi connectivity index (χ4v) is 1.65. The number of rotatable bonds is 4. The minimum Gasteiger partial charge on any atom is -0.489 e. The molecule has 0 heterocycles. The highest BCUT2D eigenvalue weighted by Crippen LogP contribution is 2.14. The molecule has 2 N–H and O–H groups in total. The van der Waals surface area contributed by atoms with Crippen LogP contribution in [0.1, 0.15) is 11.1 Å². The van der Waals surface area contributed by atoms with Gasteiger partial charge in [0.05, 0.1) is 11.6 Å². The van der Waals surface area contributed by atoms with Crippen molar-refractivity contribution < 1.29 is 19.2 Å². The average Bonchev–Trinajstić information content (AvgIpc) is 2.45. The Bertz CT molecular complexity index is 638. The number of benzene rings is 2. The Labute approximate surface area is 115 Å². The summed E-state index contributed by atoms with van der Waals surface area (Å²) in [6.07, 6.45) is 0. The van der Waals surface area contributed by atoms with E-state index in [1.165, 1.54) is 12.1 Å². The molecule has 2 aromatic carbocycles. The molecule has 0 amide bonds. The molecule has 0 aliphatic carbocycles. The summed E-state index contributed by atoms with van der Waals surface area (Å²) in [4.78, 5) is 0. The monoisotopic (exact) mass is 271 g/mol. The van der Waals surface area contributed by atoms with Crippen molar-refractivity contribution in [2.24, 2.45) is 0 Å². The predicted octanol–water partition coefficient (Wildman–Crippen LogP) is 0.956. The van der Waals surface area contributed by atoms with Crippen molar-refractivity contribution in [1.82, 2.24) is 0 Å². The summed E-state index contributed by atoms with van der Waals surface area (Å²) in [5.41, 5.74) is 1.20. The van der Waals surface area contributed by atoms with E-state index in [0.717, 1.165) is 11.6 Å². The molecule has 0 saturated heterocycles. The topological polar surface area (TPSA) is 73.5 Å². The highest BCUT2D eigenvalue weighted by atomic mass is 19.1. The van der Waals surface area contributed by atoms with Crippen LogP contribution < -0.4 is 10.2 Å². The quantitative estimate of drug-likeness (QED) is 0.812. The van der Waals surface area contributed by atoms with Crippen molar-refractivity contribution >= 4 is 12.6 Å². The second kappa shape index (κ2) is 6.19. The first-order valence-electron chi connectivity index (χ1n) is 5.87. The molecule has 20 heavy (non-hydrogen) atoms. The fraction of sp³-hybridized carbons (Fsp3) is 0.0714. The highest BCUT2D eigenvalue weighted by Gasteiger charge is 2.16. The Morgan fingerprint density at radius 3 is 2.40 bits per heavy atom. The number of nitriles is 1. The Balaban J connectivity index is 2.03. The largest absolute Gasteiger partial charge is 0.491 e. The fourth-order valence-electron chi connectivity index (χ4n) is 1.65. The van der Waals surface area contributed by atoms with Crippen molar-refractivity contribution in [3.63, 3.8) is 0 Å². The van der Waals surface area contributed by atoms with E-state index in [0.29, 0.717) is 5.56 Å². The zero-order valence-corrected chi connectivity index (χ0v) is 10.5. The van der Waals surface area contributed by atoms with Gasteiger partial charge in [0.2, 0.25) is 0 Å². The van der Waals surface area contributed by atoms with E-state index in [-0.39, 0.29) is 17.8 Å². The first kappa shape index (κ1) is 14.1. The minimum atomic E-state index is -1.84. The number of ether oxygens (including phenoxy) is 1. The number of hydrogen-bond acceptors (Lipinski definition) is 4. The molecule has 2 aromatic rings. The van der Waals surface area contributed by atoms with Crippen LogP contribution in [0.4, 0.5) is 4.39 Å². The molecule has 0 aliphatic rings. The lowest BCUT2D eigenvalue weighted by molar-refractivity contribution is 0.304. The molecule has 0 spiro atoms. The maximum Gasteiger partial charge on any atom is 0.491 e. The average molecular weight is 271 g/mol. The molecule has 0 saturated carbocycles. The van der Waals surface area contributed by atoms with Crippen LogP contribution in [0.3, 0.4) is 0 Å². The SMILES string of the molecule is N#Cc1ccc(COc2ccc(B(O)O)c(F)c2)cc1. The van der Waals surface area contributed by atoms with Crippen LogP contribution in [0, 0.1) is 17.1 Å². The molecular weight excluding hydrogens is 260 g/mol. The molecule has 6 heteroatoms. The van der Waals surface area contributed by atoms with Gasteiger partial charge in [-0.25, -0.2) is 4.39 Å². The zero-order chi connectivity index (χ0) is 14.5. The Hall–Kier alpha value is -2.36. The summed E-state index contributed by atoms with van der Waals surface area (Å²) < 4.78 is 18.9. The highest BCUT2D eigenvalue weighted by molar-refractivity contribution is 6.58. The van der Waals surface area contributed by atoms with Gasteiger partial charge in [0.15, 0.2) is 0 Å². The van der Waals surface area contributed by atoms with Crippen molar-refractivity contribution in [2.45, 2.75) is 6.61 Å². The molecule has 0 bridgehead atoms. The minimum absolute atomic E-state index is 0.198. The molecule has 0 aliphatic heterocycles. The molecule has 100 valence electrons. The van der Waals surface area contributed by atoms with Crippen LogP contribution in [0.15, 0.2) is 42.5 Å². The van der Waals surface area contributed by atoms with E-state index in [9.17, 15) is 4.39 Å². The maximum atomic E-state index is 13.5. The third-order valence-electron chi connectivity index (χ3n) is 2.74. The molecule has 0 fully saturated rings. The maximum absolute atomic E-state index is 13.5. The summed E-state index contributed by atoms with van der Waals surface area (Å²) >= 11 is 0. The molecular formula is C14H11BFNO3. The smallest absolute Gasteiger partial charge is 0.489 e. The van der Waals surface area contributed by atoms with Crippen LogP contribution >= 0.6 is 0 Å². The van der Waals surface area contributed by atoms with E-state index >= 15 is 0 Å². The van der Waals surface area contributed by atoms with E-state index < -0.39 is 12.9 Å². The van der Waals surface area contributed by atoms with E-state index in [4.69, 9.17) is 20.0 Å². The van der Waals surface area contributed by atoms with Crippen LogP contribution in [-0.4, -0.2) is 17.2 Å². The lowest BCUT2D eigenvalue weighted by atomic mass is 9.80. The van der Waals surface area contributed by atoms with Crippen LogP contribution in [0.2, 0.25) is 0 Å². The van der Waals surface area contributed by atoms with E-state index in [1.807, 2.05) is 6.07 Å². The van der Waals surface area contributed by atoms with Crippen molar-refractivity contribution in [3.05, 3.63) is 59.4 Å². The summed E-state index contributed by atoms with van der Waals surface area (Å²) in [5.74, 6) is -0.450. The van der Waals surface area contributed by atoms with Crippen molar-refractivity contribution in [1.29, 1.82) is 5.26 Å². The molecule has 2 rings (SSSR count). The van der Waals surface area contributed by atoms with Crippen molar-refractivity contribution in [2.75, 3.05) is 0 Å². The summed E-state index contributed by atoms with van der Waals surface area (Å²) in [7, 11) is -1.84. The molecule has 0 unspecified atom stereocenters. The number of nitrogens with zero attached hydrogens (tertiary/aromatic N) is 1. The second-order valence-electron chi connectivity index (χ2n) is 4.15. The molecule has 0 aromatic heterocycles. The van der Waals surface area contributed by atoms with Gasteiger partial charge in [0, 0.05) is 11.5 Å². The normalized spacial score (nSPS) is 9.90. The number of hydrogen-bond donors (Lipinski definition) is 2. The zero-order valence-electron chi connectivity index (χ0n) is 10.5. The summed E-state index contributed by atoms with van der Waals surface area (Å²) in [6, 6.07) is 12.7. The third-order valence-corrected chi connectivity index (χ3v) is 2.74. The van der Waals surface area contributed by atoms with Crippen LogP contribution in [0.25, 0.3) is 0 Å². The van der Waals surface area contributed by atoms with Gasteiger partial charge in [0.1, 0.15) is 18.2 Å². The van der Waals surface area contributed by atoms with Gasteiger partial charge in [-0.2, -0.15) is 5.26 Å². The Kier molecular flexibility index (Phi) is 4.36. The van der Waals surface area contributed by atoms with E-state index in [1.54, 1.807) is 24.3 Å². The Morgan fingerprint density at radius 2 is 1.85 bits per heavy atom. The van der Waals surface area contributed by atoms with Gasteiger partial charge in [-0.1, -0.05) is 18.2 Å². The van der Waals surface area contributed by atoms with Crippen molar-refractivity contribution in [3.8, 4) is 11.8 Å². The summed E-state index contributed by atoms with van der Waals surface area (Å²) in [5, 5.41) is 26.5. The van der Waals surface area contributed by atoms with Crippen LogP contribution in [0.5, 0.6) is 5.75 Å². The Morgan fingerprint density at radius 1 is 1.15 bits per heavy atom. The first-order valence-corrected chi connectivity index (χ1v) is 5.87. The first-order chi connectivity index (χ1) is 9.60. The van der Waals surface area contributed by atoms with Gasteiger partial charge in [0.25, 0.3) is 0 Å². The van der Waals surface area contributed by atoms with Crippen LogP contribution in [-0.2, 0) is 6.61 Å². The lowest BCUT2D eigenvalue weighted by Gasteiger charge is -2.08. The molecule has 0 atom stereocenters. The van der Waals surface area contributed by atoms with Gasteiger partial charge in [-0.05, 0) is 23.8 Å². The van der Waals surface area contributed by atoms with Gasteiger partial charge < -0.3 is 14.8 Å². The van der Waals surface area contributed by atoms with E-state index in [2.05, 4.69) is 0 Å². The standard InChI is InChI=1S/C14H11BFNO3/c16-14-7-12(5-6-13(14)15(18)19)20-9-11-3-1-10(8-17)2-4-11/h1-7,18-19H,9H2. The number of halogens is 1. The lowest BCUT2D eigenvalue weighted by Crippen LogP contribution is -2.32. The van der Waals surface area contributed by atoms with Gasteiger partial charge in [-0.15, -0.1) is 0 Å². The predicted molar refractivity (Wildman–Crippen MR) is 71.7 cm³/mol. The second-order valence-corrected chi connectivity index (χ2v) is 4.15. The molecule has 0 radical (unpaired) electrons. The third kappa shape index (κ3) is 3.35.